The quantitative estimate of drug-likeness (QED) is 0.655. The van der Waals surface area contributed by atoms with Gasteiger partial charge in [0.25, 0.3) is 11.8 Å². The summed E-state index contributed by atoms with van der Waals surface area (Å²) in [5.74, 6) is -1.52. The van der Waals surface area contributed by atoms with Gasteiger partial charge in [0.1, 0.15) is 11.4 Å². The molecule has 32 heavy (non-hydrogen) atoms. The van der Waals surface area contributed by atoms with E-state index in [4.69, 9.17) is 4.74 Å². The van der Waals surface area contributed by atoms with Crippen LogP contribution >= 0.6 is 0 Å². The minimum absolute atomic E-state index is 0.0232. The van der Waals surface area contributed by atoms with Crippen molar-refractivity contribution in [2.45, 2.75) is 18.8 Å². The fourth-order valence-electron chi connectivity index (χ4n) is 3.83. The largest absolute Gasteiger partial charge is 0.482 e. The average molecular weight is 435 g/mol. The molecule has 6 nitrogen and oxygen atoms in total. The Labute approximate surface area is 182 Å². The summed E-state index contributed by atoms with van der Waals surface area (Å²) in [5.41, 5.74) is 3.41. The highest BCUT2D eigenvalue weighted by Crippen LogP contribution is 2.48. The van der Waals surface area contributed by atoms with E-state index in [0.29, 0.717) is 17.4 Å². The number of amides is 2. The van der Waals surface area contributed by atoms with Gasteiger partial charge in [-0.15, -0.1) is 0 Å². The molecule has 2 heterocycles. The minimum Gasteiger partial charge on any atom is -0.482 e. The number of nitrogens with one attached hydrogen (secondary N) is 1. The Morgan fingerprint density at radius 2 is 1.81 bits per heavy atom. The number of ether oxygens (including phenoxy) is 1. The third kappa shape index (κ3) is 3.57. The van der Waals surface area contributed by atoms with Crippen molar-refractivity contribution in [1.29, 1.82) is 0 Å². The molecule has 0 spiro atoms. The number of fused-ring (bicyclic) bond motifs is 1. The standard InChI is InChI=1S/C24H19F2N3O3/c1-29-20-8-16(17(14-2-3-14)9-21(20)32-12-22(29)30)13-4-6-15(7-5-13)24(31)28-23-18(25)10-27-11-19(23)26/h4-11,14H,2-3,12H2,1H3,(H,27,28,31). The number of hydrogen-bond donors (Lipinski definition) is 1. The number of rotatable bonds is 4. The van der Waals surface area contributed by atoms with Crippen molar-refractivity contribution in [1.82, 2.24) is 4.98 Å². The summed E-state index contributed by atoms with van der Waals surface area (Å²) in [4.78, 5) is 29.5. The maximum atomic E-state index is 13.8. The number of aromatic nitrogens is 1. The minimum atomic E-state index is -0.945. The van der Waals surface area contributed by atoms with Crippen molar-refractivity contribution in [3.63, 3.8) is 0 Å². The van der Waals surface area contributed by atoms with Gasteiger partial charge in [0, 0.05) is 12.6 Å². The molecule has 0 atom stereocenters. The number of hydrogen-bond acceptors (Lipinski definition) is 4. The molecular formula is C24H19F2N3O3. The fraction of sp³-hybridized carbons (Fsp3) is 0.208. The summed E-state index contributed by atoms with van der Waals surface area (Å²) in [6.07, 6.45) is 3.85. The van der Waals surface area contributed by atoms with Crippen molar-refractivity contribution in [2.75, 3.05) is 23.9 Å². The third-order valence-electron chi connectivity index (χ3n) is 5.78. The number of carbonyl (C=O) groups is 2. The van der Waals surface area contributed by atoms with E-state index in [-0.39, 0.29) is 18.1 Å². The number of nitrogens with zero attached hydrogens (tertiary/aromatic N) is 2. The molecule has 0 saturated heterocycles. The maximum absolute atomic E-state index is 13.8. The van der Waals surface area contributed by atoms with Crippen LogP contribution in [0, 0.1) is 11.6 Å². The molecule has 8 heteroatoms. The number of carbonyl (C=O) groups excluding carboxylic acids is 2. The van der Waals surface area contributed by atoms with Gasteiger partial charge < -0.3 is 15.0 Å². The van der Waals surface area contributed by atoms with Gasteiger partial charge in [-0.2, -0.15) is 0 Å². The first-order valence-electron chi connectivity index (χ1n) is 10.2. The lowest BCUT2D eigenvalue weighted by molar-refractivity contribution is -0.120. The van der Waals surface area contributed by atoms with Crippen LogP contribution in [0.15, 0.2) is 48.8 Å². The van der Waals surface area contributed by atoms with Gasteiger partial charge >= 0.3 is 0 Å². The number of halogens is 2. The van der Waals surface area contributed by atoms with Gasteiger partial charge in [-0.25, -0.2) is 8.78 Å². The van der Waals surface area contributed by atoms with Gasteiger partial charge in [-0.05, 0) is 59.7 Å². The molecule has 3 aromatic rings. The lowest BCUT2D eigenvalue weighted by Gasteiger charge is -2.27. The molecule has 2 amide bonds. The van der Waals surface area contributed by atoms with Crippen molar-refractivity contribution >= 4 is 23.2 Å². The first-order valence-corrected chi connectivity index (χ1v) is 10.2. The number of anilines is 2. The molecule has 0 bridgehead atoms. The van der Waals surface area contributed by atoms with Crippen molar-refractivity contribution < 1.29 is 23.1 Å². The topological polar surface area (TPSA) is 71.5 Å². The van der Waals surface area contributed by atoms with E-state index in [1.54, 1.807) is 36.2 Å². The zero-order chi connectivity index (χ0) is 22.4. The summed E-state index contributed by atoms with van der Waals surface area (Å²) in [6.45, 7) is 0.0232. The van der Waals surface area contributed by atoms with E-state index in [1.807, 2.05) is 12.1 Å². The molecule has 2 aromatic carbocycles. The zero-order valence-corrected chi connectivity index (χ0v) is 17.2. The molecule has 5 rings (SSSR count). The van der Waals surface area contributed by atoms with Crippen molar-refractivity contribution in [2.24, 2.45) is 0 Å². The van der Waals surface area contributed by atoms with Crippen molar-refractivity contribution in [3.05, 3.63) is 71.6 Å². The lowest BCUT2D eigenvalue weighted by Crippen LogP contribution is -2.35. The second kappa shape index (κ2) is 7.71. The Kier molecular flexibility index (Phi) is 4.84. The first-order chi connectivity index (χ1) is 15.4. The first kappa shape index (κ1) is 20.1. The second-order valence-corrected chi connectivity index (χ2v) is 7.93. The van der Waals surface area contributed by atoms with Crippen LogP contribution in [-0.2, 0) is 4.79 Å². The van der Waals surface area contributed by atoms with Crippen LogP contribution < -0.4 is 15.0 Å². The SMILES string of the molecule is CN1C(=O)COc2cc(C3CC3)c(-c3ccc(C(=O)Nc4c(F)cncc4F)cc3)cc21. The molecule has 1 aliphatic heterocycles. The fourth-order valence-corrected chi connectivity index (χ4v) is 3.83. The van der Waals surface area contributed by atoms with Gasteiger partial charge in [0.15, 0.2) is 18.2 Å². The molecule has 1 N–H and O–H groups in total. The Morgan fingerprint density at radius 1 is 1.12 bits per heavy atom. The van der Waals surface area contributed by atoms with E-state index in [0.717, 1.165) is 41.9 Å². The Balaban J connectivity index is 1.46. The summed E-state index contributed by atoms with van der Waals surface area (Å²) in [6, 6.07) is 10.7. The van der Waals surface area contributed by atoms with Crippen LogP contribution in [0.5, 0.6) is 5.75 Å². The molecular weight excluding hydrogens is 416 g/mol. The summed E-state index contributed by atoms with van der Waals surface area (Å²) >= 11 is 0. The van der Waals surface area contributed by atoms with Crippen LogP contribution in [-0.4, -0.2) is 30.5 Å². The molecule has 2 aliphatic rings. The van der Waals surface area contributed by atoms with E-state index in [1.165, 1.54) is 0 Å². The van der Waals surface area contributed by atoms with E-state index in [9.17, 15) is 18.4 Å². The highest BCUT2D eigenvalue weighted by molar-refractivity contribution is 6.04. The van der Waals surface area contributed by atoms with Crippen LogP contribution in [0.4, 0.5) is 20.2 Å². The van der Waals surface area contributed by atoms with E-state index in [2.05, 4.69) is 10.3 Å². The number of benzene rings is 2. The normalized spacial score (nSPS) is 15.2. The smallest absolute Gasteiger partial charge is 0.264 e. The molecule has 162 valence electrons. The highest BCUT2D eigenvalue weighted by atomic mass is 19.1. The lowest BCUT2D eigenvalue weighted by atomic mass is 9.94. The van der Waals surface area contributed by atoms with Crippen LogP contribution in [0.1, 0.15) is 34.7 Å². The van der Waals surface area contributed by atoms with Gasteiger partial charge in [0.2, 0.25) is 0 Å². The monoisotopic (exact) mass is 435 g/mol. The maximum Gasteiger partial charge on any atom is 0.264 e. The third-order valence-corrected chi connectivity index (χ3v) is 5.78. The van der Waals surface area contributed by atoms with Crippen LogP contribution in [0.25, 0.3) is 11.1 Å². The summed E-state index contributed by atoms with van der Waals surface area (Å²) in [7, 11) is 1.72. The summed E-state index contributed by atoms with van der Waals surface area (Å²) in [5, 5.41) is 2.26. The molecule has 0 unspecified atom stereocenters. The molecule has 1 saturated carbocycles. The van der Waals surface area contributed by atoms with Gasteiger partial charge in [-0.1, -0.05) is 12.1 Å². The van der Waals surface area contributed by atoms with Gasteiger partial charge in [0.05, 0.1) is 18.1 Å². The molecule has 1 aliphatic carbocycles. The number of likely N-dealkylation sites (N-methyl/N-ethyl adjacent to an activating group) is 1. The Morgan fingerprint density at radius 3 is 2.47 bits per heavy atom. The molecule has 1 fully saturated rings. The molecule has 0 radical (unpaired) electrons. The van der Waals surface area contributed by atoms with Gasteiger partial charge in [-0.3, -0.25) is 14.6 Å². The van der Waals surface area contributed by atoms with E-state index >= 15 is 0 Å². The Hall–Kier alpha value is -3.81. The van der Waals surface area contributed by atoms with Crippen LogP contribution in [0.3, 0.4) is 0 Å². The summed E-state index contributed by atoms with van der Waals surface area (Å²) < 4.78 is 33.2. The number of pyridine rings is 1. The Bertz CT molecular complexity index is 1220. The average Bonchev–Trinajstić information content (AvgIpc) is 3.64. The predicted octanol–water partition coefficient (Wildman–Crippen LogP) is 4.51. The predicted molar refractivity (Wildman–Crippen MR) is 115 cm³/mol. The molecule has 1 aromatic heterocycles. The highest BCUT2D eigenvalue weighted by Gasteiger charge is 2.31. The second-order valence-electron chi connectivity index (χ2n) is 7.93. The van der Waals surface area contributed by atoms with Crippen LogP contribution in [0.2, 0.25) is 0 Å². The van der Waals surface area contributed by atoms with E-state index < -0.39 is 23.2 Å². The van der Waals surface area contributed by atoms with Crippen molar-refractivity contribution in [3.8, 4) is 16.9 Å². The zero-order valence-electron chi connectivity index (χ0n) is 17.2.